The van der Waals surface area contributed by atoms with Crippen molar-refractivity contribution in [2.75, 3.05) is 0 Å². The molecule has 5 heteroatoms. The van der Waals surface area contributed by atoms with E-state index in [4.69, 9.17) is 11.6 Å². The summed E-state index contributed by atoms with van der Waals surface area (Å²) in [6, 6.07) is 12.6. The first-order valence-electron chi connectivity index (χ1n) is 5.79. The van der Waals surface area contributed by atoms with E-state index in [0.29, 0.717) is 16.1 Å². The molecule has 0 spiro atoms. The highest BCUT2D eigenvalue weighted by Crippen LogP contribution is 2.14. The van der Waals surface area contributed by atoms with Gasteiger partial charge in [-0.1, -0.05) is 29.8 Å². The number of benzene rings is 2. The first kappa shape index (κ1) is 14.0. The van der Waals surface area contributed by atoms with Gasteiger partial charge in [0.05, 0.1) is 4.92 Å². The number of carbonyl (C=O) groups is 1. The first-order chi connectivity index (χ1) is 9.56. The Hall–Kier alpha value is -2.46. The number of ketones is 1. The molecule has 0 aliphatic carbocycles. The van der Waals surface area contributed by atoms with Gasteiger partial charge in [0.2, 0.25) is 0 Å². The Balaban J connectivity index is 2.13. The summed E-state index contributed by atoms with van der Waals surface area (Å²) in [5.74, 6) is -0.175. The van der Waals surface area contributed by atoms with Crippen LogP contribution in [-0.2, 0) is 0 Å². The molecule has 0 amide bonds. The smallest absolute Gasteiger partial charge is 0.269 e. The summed E-state index contributed by atoms with van der Waals surface area (Å²) in [5, 5.41) is 11.0. The standard InChI is InChI=1S/C15H10ClNO3/c16-13-3-1-2-12(10-13)15(18)9-6-11-4-7-14(8-5-11)17(19)20/h1-10H/b9-6+. The molecular formula is C15H10ClNO3. The van der Waals surface area contributed by atoms with Crippen molar-refractivity contribution in [2.24, 2.45) is 0 Å². The maximum atomic E-state index is 11.9. The van der Waals surface area contributed by atoms with Gasteiger partial charge in [0, 0.05) is 22.7 Å². The van der Waals surface area contributed by atoms with Gasteiger partial charge in [-0.3, -0.25) is 14.9 Å². The third kappa shape index (κ3) is 3.52. The molecule has 0 saturated heterocycles. The summed E-state index contributed by atoms with van der Waals surface area (Å²) in [6.45, 7) is 0. The van der Waals surface area contributed by atoms with E-state index >= 15 is 0 Å². The van der Waals surface area contributed by atoms with Crippen LogP contribution in [0.25, 0.3) is 6.08 Å². The van der Waals surface area contributed by atoms with Crippen LogP contribution in [0.5, 0.6) is 0 Å². The van der Waals surface area contributed by atoms with Crippen LogP contribution < -0.4 is 0 Å². The van der Waals surface area contributed by atoms with Crippen LogP contribution in [0.1, 0.15) is 15.9 Å². The van der Waals surface area contributed by atoms with E-state index in [0.717, 1.165) is 0 Å². The molecule has 100 valence electrons. The van der Waals surface area contributed by atoms with Crippen molar-refractivity contribution in [1.29, 1.82) is 0 Å². The predicted molar refractivity (Wildman–Crippen MR) is 77.9 cm³/mol. The summed E-state index contributed by atoms with van der Waals surface area (Å²) in [6.07, 6.45) is 3.01. The summed E-state index contributed by atoms with van der Waals surface area (Å²) < 4.78 is 0. The third-order valence-corrected chi connectivity index (χ3v) is 2.88. The molecule has 0 aliphatic rings. The lowest BCUT2D eigenvalue weighted by Crippen LogP contribution is -1.93. The number of hydrogen-bond donors (Lipinski definition) is 0. The molecule has 0 aliphatic heterocycles. The summed E-state index contributed by atoms with van der Waals surface area (Å²) in [5.41, 5.74) is 1.23. The van der Waals surface area contributed by atoms with E-state index in [1.165, 1.54) is 18.2 Å². The average Bonchev–Trinajstić information content (AvgIpc) is 2.45. The fourth-order valence-electron chi connectivity index (χ4n) is 1.62. The lowest BCUT2D eigenvalue weighted by Gasteiger charge is -1.97. The Morgan fingerprint density at radius 2 is 1.85 bits per heavy atom. The molecular weight excluding hydrogens is 278 g/mol. The lowest BCUT2D eigenvalue weighted by atomic mass is 10.1. The highest BCUT2D eigenvalue weighted by molar-refractivity contribution is 6.31. The zero-order valence-electron chi connectivity index (χ0n) is 10.3. The number of carbonyl (C=O) groups excluding carboxylic acids is 1. The van der Waals surface area contributed by atoms with Crippen LogP contribution in [-0.4, -0.2) is 10.7 Å². The molecule has 0 N–H and O–H groups in total. The van der Waals surface area contributed by atoms with Crippen LogP contribution in [0.15, 0.2) is 54.6 Å². The fourth-order valence-corrected chi connectivity index (χ4v) is 1.81. The Labute approximate surface area is 120 Å². The van der Waals surface area contributed by atoms with Gasteiger partial charge in [-0.05, 0) is 35.9 Å². The summed E-state index contributed by atoms with van der Waals surface area (Å²) >= 11 is 5.81. The molecule has 20 heavy (non-hydrogen) atoms. The van der Waals surface area contributed by atoms with E-state index < -0.39 is 4.92 Å². The normalized spacial score (nSPS) is 10.7. The number of non-ortho nitro benzene ring substituents is 1. The van der Waals surface area contributed by atoms with Crippen LogP contribution >= 0.6 is 11.6 Å². The van der Waals surface area contributed by atoms with Crippen molar-refractivity contribution < 1.29 is 9.72 Å². The molecule has 2 rings (SSSR count). The van der Waals surface area contributed by atoms with Gasteiger partial charge >= 0.3 is 0 Å². The molecule has 0 saturated carbocycles. The molecule has 4 nitrogen and oxygen atoms in total. The van der Waals surface area contributed by atoms with Gasteiger partial charge in [-0.15, -0.1) is 0 Å². The number of halogens is 1. The third-order valence-electron chi connectivity index (χ3n) is 2.64. The summed E-state index contributed by atoms with van der Waals surface area (Å²) in [7, 11) is 0. The van der Waals surface area contributed by atoms with Crippen molar-refractivity contribution in [3.05, 3.63) is 80.9 Å². The summed E-state index contributed by atoms with van der Waals surface area (Å²) in [4.78, 5) is 21.9. The molecule has 0 heterocycles. The molecule has 0 radical (unpaired) electrons. The molecule has 0 bridgehead atoms. The van der Waals surface area contributed by atoms with Crippen LogP contribution in [0.4, 0.5) is 5.69 Å². The molecule has 0 fully saturated rings. The molecule has 2 aromatic rings. The van der Waals surface area contributed by atoms with E-state index in [9.17, 15) is 14.9 Å². The number of allylic oxidation sites excluding steroid dienone is 1. The van der Waals surface area contributed by atoms with Crippen molar-refractivity contribution in [2.45, 2.75) is 0 Å². The number of hydrogen-bond acceptors (Lipinski definition) is 3. The Morgan fingerprint density at radius 3 is 2.45 bits per heavy atom. The van der Waals surface area contributed by atoms with Crippen LogP contribution in [0, 0.1) is 10.1 Å². The molecule has 0 aromatic heterocycles. The van der Waals surface area contributed by atoms with Gasteiger partial charge in [-0.2, -0.15) is 0 Å². The minimum Gasteiger partial charge on any atom is -0.289 e. The van der Waals surface area contributed by atoms with Gasteiger partial charge < -0.3 is 0 Å². The Bertz CT molecular complexity index is 678. The van der Waals surface area contributed by atoms with Gasteiger partial charge in [0.25, 0.3) is 5.69 Å². The quantitative estimate of drug-likeness (QED) is 0.367. The highest BCUT2D eigenvalue weighted by Gasteiger charge is 2.04. The number of nitro groups is 1. The van der Waals surface area contributed by atoms with E-state index in [-0.39, 0.29) is 11.5 Å². The zero-order chi connectivity index (χ0) is 14.5. The second kappa shape index (κ2) is 6.12. The van der Waals surface area contributed by atoms with Crippen molar-refractivity contribution in [1.82, 2.24) is 0 Å². The van der Waals surface area contributed by atoms with E-state index in [1.807, 2.05) is 0 Å². The van der Waals surface area contributed by atoms with Crippen molar-refractivity contribution >= 4 is 29.1 Å². The first-order valence-corrected chi connectivity index (χ1v) is 6.16. The Morgan fingerprint density at radius 1 is 1.15 bits per heavy atom. The minimum atomic E-state index is -0.468. The number of rotatable bonds is 4. The van der Waals surface area contributed by atoms with Gasteiger partial charge in [0.15, 0.2) is 5.78 Å². The highest BCUT2D eigenvalue weighted by atomic mass is 35.5. The van der Waals surface area contributed by atoms with Gasteiger partial charge in [0.1, 0.15) is 0 Å². The second-order valence-electron chi connectivity index (χ2n) is 4.06. The average molecular weight is 288 g/mol. The molecule has 0 atom stereocenters. The minimum absolute atomic E-state index is 0.0170. The van der Waals surface area contributed by atoms with Crippen LogP contribution in [0.3, 0.4) is 0 Å². The number of nitro benzene ring substituents is 1. The maximum Gasteiger partial charge on any atom is 0.269 e. The van der Waals surface area contributed by atoms with E-state index in [2.05, 4.69) is 0 Å². The molecule has 2 aromatic carbocycles. The van der Waals surface area contributed by atoms with Crippen LogP contribution in [0.2, 0.25) is 5.02 Å². The predicted octanol–water partition coefficient (Wildman–Crippen LogP) is 4.14. The lowest BCUT2D eigenvalue weighted by molar-refractivity contribution is -0.384. The monoisotopic (exact) mass is 287 g/mol. The SMILES string of the molecule is O=C(/C=C/c1ccc([N+](=O)[O-])cc1)c1cccc(Cl)c1. The van der Waals surface area contributed by atoms with Gasteiger partial charge in [-0.25, -0.2) is 0 Å². The number of nitrogens with zero attached hydrogens (tertiary/aromatic N) is 1. The second-order valence-corrected chi connectivity index (χ2v) is 4.49. The van der Waals surface area contributed by atoms with Crippen molar-refractivity contribution in [3.63, 3.8) is 0 Å². The fraction of sp³-hybridized carbons (Fsp3) is 0. The van der Waals surface area contributed by atoms with Crippen molar-refractivity contribution in [3.8, 4) is 0 Å². The maximum absolute atomic E-state index is 11.9. The molecule has 0 unspecified atom stereocenters. The largest absolute Gasteiger partial charge is 0.289 e. The topological polar surface area (TPSA) is 60.2 Å². The Kier molecular flexibility index (Phi) is 4.27. The zero-order valence-corrected chi connectivity index (χ0v) is 11.1. The van der Waals surface area contributed by atoms with E-state index in [1.54, 1.807) is 42.5 Å².